The van der Waals surface area contributed by atoms with E-state index in [9.17, 15) is 4.79 Å². The second-order valence-electron chi connectivity index (χ2n) is 9.85. The number of carbonyl (C=O) groups excluding carboxylic acids is 1. The Bertz CT molecular complexity index is 858. The molecule has 1 spiro atoms. The minimum atomic E-state index is -0.491. The number of carbonyl (C=O) groups is 1. The first-order chi connectivity index (χ1) is 15.1. The van der Waals surface area contributed by atoms with E-state index in [4.69, 9.17) is 21.9 Å². The van der Waals surface area contributed by atoms with Crippen molar-refractivity contribution in [3.8, 4) is 0 Å². The Morgan fingerprint density at radius 3 is 2.59 bits per heavy atom. The van der Waals surface area contributed by atoms with Crippen LogP contribution < -0.4 is 4.90 Å². The first-order valence-corrected chi connectivity index (χ1v) is 13.6. The quantitative estimate of drug-likeness (QED) is 0.371. The lowest BCUT2D eigenvalue weighted by Gasteiger charge is -2.45. The van der Waals surface area contributed by atoms with Crippen LogP contribution >= 0.6 is 35.7 Å². The van der Waals surface area contributed by atoms with Crippen molar-refractivity contribution in [3.63, 3.8) is 0 Å². The zero-order valence-corrected chi connectivity index (χ0v) is 22.3. The molecule has 2 aliphatic rings. The van der Waals surface area contributed by atoms with E-state index in [-0.39, 0.29) is 17.1 Å². The number of esters is 1. The molecule has 8 heteroatoms. The van der Waals surface area contributed by atoms with Crippen molar-refractivity contribution < 1.29 is 9.53 Å². The number of nitrogens with zero attached hydrogens (tertiary/aromatic N) is 3. The Morgan fingerprint density at radius 1 is 1.25 bits per heavy atom. The van der Waals surface area contributed by atoms with Gasteiger partial charge in [0.1, 0.15) is 9.92 Å². The Balaban J connectivity index is 1.82. The fourth-order valence-corrected chi connectivity index (χ4v) is 6.53. The minimum Gasteiger partial charge on any atom is -0.459 e. The van der Waals surface area contributed by atoms with Gasteiger partial charge in [0.05, 0.1) is 17.1 Å². The molecular formula is C24H35N3O2S3. The van der Waals surface area contributed by atoms with E-state index in [1.165, 1.54) is 43.9 Å². The zero-order valence-electron chi connectivity index (χ0n) is 19.8. The second-order valence-corrected chi connectivity index (χ2v) is 12.4. The molecule has 0 aromatic heterocycles. The van der Waals surface area contributed by atoms with E-state index in [2.05, 4.69) is 15.9 Å². The third-order valence-electron chi connectivity index (χ3n) is 5.68. The molecule has 1 heterocycles. The van der Waals surface area contributed by atoms with Crippen molar-refractivity contribution in [2.75, 3.05) is 37.0 Å². The third-order valence-corrected chi connectivity index (χ3v) is 8.43. The average Bonchev–Trinajstić information content (AvgIpc) is 2.73. The molecule has 3 rings (SSSR count). The topological polar surface area (TPSA) is 45.1 Å². The number of thiocarbonyl (C=S) groups is 1. The molecule has 0 unspecified atom stereocenters. The molecule has 176 valence electrons. The summed E-state index contributed by atoms with van der Waals surface area (Å²) >= 11 is 9.03. The number of rotatable bonds is 4. The first kappa shape index (κ1) is 25.4. The maximum atomic E-state index is 12.3. The predicted molar refractivity (Wildman–Crippen MR) is 143 cm³/mol. The van der Waals surface area contributed by atoms with Gasteiger partial charge in [0.15, 0.2) is 5.17 Å². The van der Waals surface area contributed by atoms with Crippen LogP contribution in [0.1, 0.15) is 52.9 Å². The molecule has 0 atom stereocenters. The van der Waals surface area contributed by atoms with Crippen molar-refractivity contribution in [3.05, 3.63) is 24.3 Å². The summed E-state index contributed by atoms with van der Waals surface area (Å²) in [7, 11) is 4.06. The van der Waals surface area contributed by atoms with Gasteiger partial charge in [-0.2, -0.15) is 0 Å². The fraction of sp³-hybridized carbons (Fsp3) is 0.625. The number of aliphatic imine (C=N–C) groups is 1. The fourth-order valence-electron chi connectivity index (χ4n) is 4.19. The first-order valence-electron chi connectivity index (χ1n) is 11.2. The maximum Gasteiger partial charge on any atom is 0.316 e. The highest BCUT2D eigenvalue weighted by molar-refractivity contribution is 8.23. The van der Waals surface area contributed by atoms with Crippen LogP contribution in [0.3, 0.4) is 0 Å². The van der Waals surface area contributed by atoms with E-state index in [1.54, 1.807) is 11.8 Å². The summed E-state index contributed by atoms with van der Waals surface area (Å²) in [4.78, 5) is 21.6. The smallest absolute Gasteiger partial charge is 0.316 e. The number of ether oxygens (including phenoxy) is 1. The predicted octanol–water partition coefficient (Wildman–Crippen LogP) is 6.10. The van der Waals surface area contributed by atoms with Gasteiger partial charge in [-0.05, 0) is 51.2 Å². The normalized spacial score (nSPS) is 19.8. The molecule has 0 bridgehead atoms. The summed E-state index contributed by atoms with van der Waals surface area (Å²) in [5.41, 5.74) is 1.80. The number of para-hydroxylation sites is 2. The van der Waals surface area contributed by atoms with Gasteiger partial charge in [-0.1, -0.05) is 67.1 Å². The average molecular weight is 494 g/mol. The van der Waals surface area contributed by atoms with Crippen LogP contribution in [0.4, 0.5) is 11.4 Å². The van der Waals surface area contributed by atoms with Gasteiger partial charge in [-0.3, -0.25) is 4.79 Å². The largest absolute Gasteiger partial charge is 0.459 e. The van der Waals surface area contributed by atoms with Crippen LogP contribution in [0, 0.1) is 5.41 Å². The summed E-state index contributed by atoms with van der Waals surface area (Å²) in [5, 5.41) is 0.928. The molecule has 1 aliphatic heterocycles. The number of hydrogen-bond donors (Lipinski definition) is 0. The second kappa shape index (κ2) is 10.8. The van der Waals surface area contributed by atoms with E-state index in [0.29, 0.717) is 4.32 Å². The minimum absolute atomic E-state index is 0.214. The highest BCUT2D eigenvalue weighted by Crippen LogP contribution is 2.45. The van der Waals surface area contributed by atoms with Crippen LogP contribution in [0.5, 0.6) is 0 Å². The van der Waals surface area contributed by atoms with Crippen LogP contribution in [-0.4, -0.2) is 58.1 Å². The summed E-state index contributed by atoms with van der Waals surface area (Å²) in [6, 6.07) is 8.17. The van der Waals surface area contributed by atoms with Crippen LogP contribution in [0.15, 0.2) is 29.3 Å². The lowest BCUT2D eigenvalue weighted by molar-refractivity contribution is -0.151. The molecule has 1 aliphatic carbocycles. The maximum absolute atomic E-state index is 12.3. The highest BCUT2D eigenvalue weighted by Gasteiger charge is 2.40. The number of amidine groups is 1. The van der Waals surface area contributed by atoms with Crippen LogP contribution in [0.25, 0.3) is 0 Å². The monoisotopic (exact) mass is 493 g/mol. The Morgan fingerprint density at radius 2 is 1.94 bits per heavy atom. The highest BCUT2D eigenvalue weighted by atomic mass is 32.2. The SMILES string of the molecule is CN(C)c1ccccc1N=C1SCC2(CCCCC2)CN1C(=S)SCC(=O)OC(C)(C)C. The molecule has 32 heavy (non-hydrogen) atoms. The summed E-state index contributed by atoms with van der Waals surface area (Å²) in [5.74, 6) is 1.05. The molecule has 1 saturated carbocycles. The van der Waals surface area contributed by atoms with E-state index < -0.39 is 5.60 Å². The molecule has 0 N–H and O–H groups in total. The molecule has 1 aromatic rings. The number of hydrogen-bond acceptors (Lipinski definition) is 7. The number of thioether (sulfide) groups is 2. The van der Waals surface area contributed by atoms with Crippen molar-refractivity contribution >= 4 is 62.6 Å². The van der Waals surface area contributed by atoms with Crippen LogP contribution in [0.2, 0.25) is 0 Å². The van der Waals surface area contributed by atoms with Gasteiger partial charge in [0.2, 0.25) is 0 Å². The van der Waals surface area contributed by atoms with Gasteiger partial charge < -0.3 is 14.5 Å². The van der Waals surface area contributed by atoms with E-state index >= 15 is 0 Å². The number of benzene rings is 1. The standard InChI is InChI=1S/C24H35N3O2S3/c1-23(2,3)29-20(28)15-31-22(30)27-16-24(13-9-6-10-14-24)17-32-21(27)25-18-11-7-8-12-19(18)26(4)5/h7-8,11-12H,6,9-10,13-17H2,1-5H3. The van der Waals surface area contributed by atoms with Crippen LogP contribution in [-0.2, 0) is 9.53 Å². The van der Waals surface area contributed by atoms with E-state index in [1.807, 2.05) is 53.1 Å². The number of anilines is 1. The summed E-state index contributed by atoms with van der Waals surface area (Å²) in [6.45, 7) is 6.53. The lowest BCUT2D eigenvalue weighted by Crippen LogP contribution is -2.49. The zero-order chi connectivity index (χ0) is 23.4. The van der Waals surface area contributed by atoms with Crippen molar-refractivity contribution in [2.45, 2.75) is 58.5 Å². The van der Waals surface area contributed by atoms with Gasteiger partial charge in [-0.25, -0.2) is 4.99 Å². The Hall–Kier alpha value is -1.25. The third kappa shape index (κ3) is 6.87. The Labute approximate surface area is 206 Å². The van der Waals surface area contributed by atoms with E-state index in [0.717, 1.165) is 28.8 Å². The van der Waals surface area contributed by atoms with Gasteiger partial charge in [0.25, 0.3) is 0 Å². The molecular weight excluding hydrogens is 458 g/mol. The van der Waals surface area contributed by atoms with Gasteiger partial charge >= 0.3 is 5.97 Å². The molecule has 0 amide bonds. The van der Waals surface area contributed by atoms with Crippen molar-refractivity contribution in [1.29, 1.82) is 0 Å². The molecule has 2 fully saturated rings. The molecule has 1 saturated heterocycles. The summed E-state index contributed by atoms with van der Waals surface area (Å²) in [6.07, 6.45) is 6.35. The Kier molecular flexibility index (Phi) is 8.55. The van der Waals surface area contributed by atoms with Crippen molar-refractivity contribution in [1.82, 2.24) is 4.90 Å². The van der Waals surface area contributed by atoms with Gasteiger partial charge in [-0.15, -0.1) is 0 Å². The molecule has 0 radical (unpaired) electrons. The van der Waals surface area contributed by atoms with Crippen molar-refractivity contribution in [2.24, 2.45) is 10.4 Å². The lowest BCUT2D eigenvalue weighted by atomic mass is 9.75. The summed E-state index contributed by atoms with van der Waals surface area (Å²) < 4.78 is 6.17. The molecule has 5 nitrogen and oxygen atoms in total. The molecule has 1 aromatic carbocycles. The van der Waals surface area contributed by atoms with Gasteiger partial charge in [0, 0.05) is 26.4 Å².